The molecular formula is C18H19N5O2. The van der Waals surface area contributed by atoms with E-state index < -0.39 is 0 Å². The number of aromatic nitrogens is 3. The Bertz CT molecular complexity index is 886. The first kappa shape index (κ1) is 15.7. The fourth-order valence-corrected chi connectivity index (χ4v) is 2.98. The molecule has 128 valence electrons. The first-order valence-electron chi connectivity index (χ1n) is 8.28. The number of aromatic amines is 1. The Morgan fingerprint density at radius 1 is 1.24 bits per heavy atom. The van der Waals surface area contributed by atoms with Crippen LogP contribution in [0.2, 0.25) is 0 Å². The molecule has 4 rings (SSSR count). The van der Waals surface area contributed by atoms with Gasteiger partial charge in [-0.15, -0.1) is 0 Å². The van der Waals surface area contributed by atoms with Crippen LogP contribution >= 0.6 is 0 Å². The van der Waals surface area contributed by atoms with E-state index in [-0.39, 0.29) is 5.91 Å². The summed E-state index contributed by atoms with van der Waals surface area (Å²) in [5, 5.41) is 10.5. The molecule has 0 bridgehead atoms. The van der Waals surface area contributed by atoms with Crippen molar-refractivity contribution in [1.29, 1.82) is 0 Å². The Hall–Kier alpha value is -2.77. The lowest BCUT2D eigenvalue weighted by atomic mass is 10.1. The molecular weight excluding hydrogens is 318 g/mol. The summed E-state index contributed by atoms with van der Waals surface area (Å²) in [5.74, 6) is -0.131. The third-order valence-electron chi connectivity index (χ3n) is 4.31. The van der Waals surface area contributed by atoms with Gasteiger partial charge in [0.1, 0.15) is 0 Å². The predicted molar refractivity (Wildman–Crippen MR) is 94.4 cm³/mol. The van der Waals surface area contributed by atoms with Crippen molar-refractivity contribution in [2.45, 2.75) is 6.54 Å². The molecule has 3 heterocycles. The SMILES string of the molecule is O=C(Nc1cnc2[nH]ncc2c1)c1ccccc1CN1CCOCC1. The second-order valence-electron chi connectivity index (χ2n) is 6.03. The van der Waals surface area contributed by atoms with Crippen molar-refractivity contribution in [2.24, 2.45) is 0 Å². The Labute approximate surface area is 145 Å². The van der Waals surface area contributed by atoms with Crippen LogP contribution in [0.1, 0.15) is 15.9 Å². The normalized spacial score (nSPS) is 15.4. The lowest BCUT2D eigenvalue weighted by Gasteiger charge is -2.27. The molecule has 1 aliphatic heterocycles. The minimum atomic E-state index is -0.131. The average Bonchev–Trinajstić information content (AvgIpc) is 3.11. The quantitative estimate of drug-likeness (QED) is 0.761. The minimum Gasteiger partial charge on any atom is -0.379 e. The summed E-state index contributed by atoms with van der Waals surface area (Å²) in [6.07, 6.45) is 3.31. The molecule has 1 aromatic carbocycles. The van der Waals surface area contributed by atoms with E-state index in [1.54, 1.807) is 12.4 Å². The van der Waals surface area contributed by atoms with Crippen molar-refractivity contribution >= 4 is 22.6 Å². The number of hydrogen-bond acceptors (Lipinski definition) is 5. The lowest BCUT2D eigenvalue weighted by molar-refractivity contribution is 0.0341. The van der Waals surface area contributed by atoms with Crippen LogP contribution < -0.4 is 5.32 Å². The molecule has 1 amide bonds. The number of H-pyrrole nitrogens is 1. The molecule has 0 radical (unpaired) electrons. The van der Waals surface area contributed by atoms with Crippen LogP contribution in [0.25, 0.3) is 11.0 Å². The van der Waals surface area contributed by atoms with Gasteiger partial charge in [0.25, 0.3) is 5.91 Å². The van der Waals surface area contributed by atoms with E-state index in [2.05, 4.69) is 25.4 Å². The van der Waals surface area contributed by atoms with Crippen LogP contribution in [-0.4, -0.2) is 52.3 Å². The Balaban J connectivity index is 1.52. The first-order valence-corrected chi connectivity index (χ1v) is 8.28. The molecule has 2 aromatic heterocycles. The summed E-state index contributed by atoms with van der Waals surface area (Å²) in [6, 6.07) is 9.56. The number of fused-ring (bicyclic) bond motifs is 1. The second-order valence-corrected chi connectivity index (χ2v) is 6.03. The molecule has 0 saturated carbocycles. The fraction of sp³-hybridized carbons (Fsp3) is 0.278. The Kier molecular flexibility index (Phi) is 4.41. The zero-order chi connectivity index (χ0) is 17.1. The van der Waals surface area contributed by atoms with Gasteiger partial charge in [0.2, 0.25) is 0 Å². The van der Waals surface area contributed by atoms with Crippen molar-refractivity contribution in [3.05, 3.63) is 53.9 Å². The fourth-order valence-electron chi connectivity index (χ4n) is 2.98. The lowest BCUT2D eigenvalue weighted by Crippen LogP contribution is -2.36. The summed E-state index contributed by atoms with van der Waals surface area (Å²) in [5.41, 5.74) is 3.05. The number of carbonyl (C=O) groups is 1. The van der Waals surface area contributed by atoms with Crippen molar-refractivity contribution < 1.29 is 9.53 Å². The highest BCUT2D eigenvalue weighted by atomic mass is 16.5. The highest BCUT2D eigenvalue weighted by Crippen LogP contribution is 2.17. The summed E-state index contributed by atoms with van der Waals surface area (Å²) in [7, 11) is 0. The molecule has 2 N–H and O–H groups in total. The van der Waals surface area contributed by atoms with Crippen LogP contribution in [0.3, 0.4) is 0 Å². The van der Waals surface area contributed by atoms with Crippen molar-refractivity contribution in [1.82, 2.24) is 20.1 Å². The molecule has 25 heavy (non-hydrogen) atoms. The maximum Gasteiger partial charge on any atom is 0.256 e. The smallest absolute Gasteiger partial charge is 0.256 e. The van der Waals surface area contributed by atoms with Gasteiger partial charge in [-0.05, 0) is 17.7 Å². The molecule has 1 fully saturated rings. The highest BCUT2D eigenvalue weighted by Gasteiger charge is 2.16. The number of rotatable bonds is 4. The summed E-state index contributed by atoms with van der Waals surface area (Å²) >= 11 is 0. The second kappa shape index (κ2) is 7.00. The standard InChI is InChI=1S/C18H19N5O2/c24-18(21-15-9-14-10-20-22-17(14)19-11-15)16-4-2-1-3-13(16)12-23-5-7-25-8-6-23/h1-4,9-11H,5-8,12H2,(H,21,24)(H,19,20,22). The summed E-state index contributed by atoms with van der Waals surface area (Å²) < 4.78 is 5.39. The van der Waals surface area contributed by atoms with E-state index in [1.165, 1.54) is 0 Å². The minimum absolute atomic E-state index is 0.131. The third-order valence-corrected chi connectivity index (χ3v) is 4.31. The molecule has 3 aromatic rings. The molecule has 1 saturated heterocycles. The number of nitrogens with one attached hydrogen (secondary N) is 2. The van der Waals surface area contributed by atoms with Crippen molar-refractivity contribution in [2.75, 3.05) is 31.6 Å². The largest absolute Gasteiger partial charge is 0.379 e. The topological polar surface area (TPSA) is 83.1 Å². The molecule has 0 unspecified atom stereocenters. The van der Waals surface area contributed by atoms with Gasteiger partial charge in [-0.25, -0.2) is 4.98 Å². The predicted octanol–water partition coefficient (Wildman–Crippen LogP) is 2.04. The van der Waals surface area contributed by atoms with Crippen LogP contribution in [0.15, 0.2) is 42.7 Å². The molecule has 0 spiro atoms. The maximum atomic E-state index is 12.7. The molecule has 0 aliphatic carbocycles. The van der Waals surface area contributed by atoms with Gasteiger partial charge in [0.05, 0.1) is 31.3 Å². The van der Waals surface area contributed by atoms with Crippen LogP contribution in [0.5, 0.6) is 0 Å². The third kappa shape index (κ3) is 3.52. The van der Waals surface area contributed by atoms with Crippen LogP contribution in [0.4, 0.5) is 5.69 Å². The van der Waals surface area contributed by atoms with Gasteiger partial charge >= 0.3 is 0 Å². The maximum absolute atomic E-state index is 12.7. The zero-order valence-electron chi connectivity index (χ0n) is 13.7. The zero-order valence-corrected chi connectivity index (χ0v) is 13.7. The van der Waals surface area contributed by atoms with Crippen LogP contribution in [-0.2, 0) is 11.3 Å². The number of morpholine rings is 1. The first-order chi connectivity index (χ1) is 12.3. The van der Waals surface area contributed by atoms with Crippen LogP contribution in [0, 0.1) is 0 Å². The van der Waals surface area contributed by atoms with E-state index in [0.717, 1.165) is 43.8 Å². The van der Waals surface area contributed by atoms with E-state index in [0.29, 0.717) is 16.9 Å². The number of amides is 1. The average molecular weight is 337 g/mol. The van der Waals surface area contributed by atoms with Gasteiger partial charge < -0.3 is 10.1 Å². The number of benzene rings is 1. The Morgan fingerprint density at radius 3 is 2.96 bits per heavy atom. The number of carbonyl (C=O) groups excluding carboxylic acids is 1. The van der Waals surface area contributed by atoms with Gasteiger partial charge in [-0.2, -0.15) is 5.10 Å². The van der Waals surface area contributed by atoms with Gasteiger partial charge in [-0.1, -0.05) is 18.2 Å². The highest BCUT2D eigenvalue weighted by molar-refractivity contribution is 6.05. The number of hydrogen-bond donors (Lipinski definition) is 2. The van der Waals surface area contributed by atoms with Crippen molar-refractivity contribution in [3.8, 4) is 0 Å². The van der Waals surface area contributed by atoms with E-state index in [9.17, 15) is 4.79 Å². The van der Waals surface area contributed by atoms with Gasteiger partial charge in [-0.3, -0.25) is 14.8 Å². The molecule has 7 nitrogen and oxygen atoms in total. The number of pyridine rings is 1. The van der Waals surface area contributed by atoms with Crippen molar-refractivity contribution in [3.63, 3.8) is 0 Å². The number of nitrogens with zero attached hydrogens (tertiary/aromatic N) is 3. The van der Waals surface area contributed by atoms with Gasteiger partial charge in [0, 0.05) is 30.6 Å². The molecule has 1 aliphatic rings. The number of ether oxygens (including phenoxy) is 1. The summed E-state index contributed by atoms with van der Waals surface area (Å²) in [6.45, 7) is 4.00. The molecule has 0 atom stereocenters. The number of anilines is 1. The summed E-state index contributed by atoms with van der Waals surface area (Å²) in [4.78, 5) is 19.3. The van der Waals surface area contributed by atoms with E-state index >= 15 is 0 Å². The molecule has 7 heteroatoms. The van der Waals surface area contributed by atoms with E-state index in [4.69, 9.17) is 4.74 Å². The van der Waals surface area contributed by atoms with E-state index in [1.807, 2.05) is 30.3 Å². The monoisotopic (exact) mass is 337 g/mol. The Morgan fingerprint density at radius 2 is 2.08 bits per heavy atom. The van der Waals surface area contributed by atoms with Gasteiger partial charge in [0.15, 0.2) is 5.65 Å².